The number of anilines is 1. The SMILES string of the molecule is Cc1ccc(NC2(CN)CC2)cc1Cl. The predicted octanol–water partition coefficient (Wildman–Crippen LogP) is 2.55. The Bertz CT molecular complexity index is 345. The molecule has 1 aliphatic carbocycles. The summed E-state index contributed by atoms with van der Waals surface area (Å²) < 4.78 is 0. The zero-order chi connectivity index (χ0) is 10.2. The summed E-state index contributed by atoms with van der Waals surface area (Å²) >= 11 is 6.04. The van der Waals surface area contributed by atoms with E-state index in [0.717, 1.165) is 29.1 Å². The van der Waals surface area contributed by atoms with Gasteiger partial charge in [-0.15, -0.1) is 0 Å². The van der Waals surface area contributed by atoms with Crippen LogP contribution >= 0.6 is 11.6 Å². The fourth-order valence-electron chi connectivity index (χ4n) is 1.51. The second kappa shape index (κ2) is 3.44. The van der Waals surface area contributed by atoms with Crippen molar-refractivity contribution in [2.75, 3.05) is 11.9 Å². The van der Waals surface area contributed by atoms with Crippen LogP contribution in [0.1, 0.15) is 18.4 Å². The molecule has 3 N–H and O–H groups in total. The molecule has 2 nitrogen and oxygen atoms in total. The zero-order valence-corrected chi connectivity index (χ0v) is 9.06. The molecule has 1 aromatic carbocycles. The van der Waals surface area contributed by atoms with Crippen LogP contribution in [-0.2, 0) is 0 Å². The Morgan fingerprint density at radius 2 is 2.21 bits per heavy atom. The monoisotopic (exact) mass is 210 g/mol. The van der Waals surface area contributed by atoms with Gasteiger partial charge in [0.15, 0.2) is 0 Å². The van der Waals surface area contributed by atoms with E-state index in [0.29, 0.717) is 6.54 Å². The second-order valence-electron chi connectivity index (χ2n) is 4.07. The van der Waals surface area contributed by atoms with Gasteiger partial charge in [0.2, 0.25) is 0 Å². The third kappa shape index (κ3) is 1.86. The van der Waals surface area contributed by atoms with Crippen molar-refractivity contribution in [3.8, 4) is 0 Å². The number of hydrogen-bond donors (Lipinski definition) is 2. The summed E-state index contributed by atoms with van der Waals surface area (Å²) in [6, 6.07) is 6.04. The quantitative estimate of drug-likeness (QED) is 0.805. The maximum Gasteiger partial charge on any atom is 0.0497 e. The molecule has 1 aromatic rings. The lowest BCUT2D eigenvalue weighted by Crippen LogP contribution is -2.30. The predicted molar refractivity (Wildman–Crippen MR) is 60.8 cm³/mol. The summed E-state index contributed by atoms with van der Waals surface area (Å²) in [5.74, 6) is 0. The molecule has 1 aliphatic rings. The average molecular weight is 211 g/mol. The van der Waals surface area contributed by atoms with E-state index in [1.54, 1.807) is 0 Å². The van der Waals surface area contributed by atoms with Crippen LogP contribution in [0.2, 0.25) is 5.02 Å². The van der Waals surface area contributed by atoms with Crippen LogP contribution in [0.25, 0.3) is 0 Å². The maximum absolute atomic E-state index is 6.04. The van der Waals surface area contributed by atoms with Gasteiger partial charge >= 0.3 is 0 Å². The van der Waals surface area contributed by atoms with Crippen molar-refractivity contribution >= 4 is 17.3 Å². The van der Waals surface area contributed by atoms with Gasteiger partial charge < -0.3 is 11.1 Å². The van der Waals surface area contributed by atoms with Gasteiger partial charge in [-0.3, -0.25) is 0 Å². The standard InChI is InChI=1S/C11H15ClN2/c1-8-2-3-9(6-10(8)12)14-11(7-13)4-5-11/h2-3,6,14H,4-5,7,13H2,1H3. The summed E-state index contributed by atoms with van der Waals surface area (Å²) in [6.45, 7) is 2.69. The molecule has 0 amide bonds. The van der Waals surface area contributed by atoms with E-state index < -0.39 is 0 Å². The van der Waals surface area contributed by atoms with Crippen molar-refractivity contribution < 1.29 is 0 Å². The topological polar surface area (TPSA) is 38.0 Å². The van der Waals surface area contributed by atoms with Crippen LogP contribution in [0, 0.1) is 6.92 Å². The molecule has 0 atom stereocenters. The van der Waals surface area contributed by atoms with Gasteiger partial charge in [0.1, 0.15) is 0 Å². The zero-order valence-electron chi connectivity index (χ0n) is 8.31. The molecular weight excluding hydrogens is 196 g/mol. The minimum atomic E-state index is 0.151. The first-order valence-corrected chi connectivity index (χ1v) is 5.27. The van der Waals surface area contributed by atoms with Crippen LogP contribution in [0.4, 0.5) is 5.69 Å². The number of nitrogens with two attached hydrogens (primary N) is 1. The Hall–Kier alpha value is -0.730. The molecule has 0 aromatic heterocycles. The number of aryl methyl sites for hydroxylation is 1. The van der Waals surface area contributed by atoms with Crippen LogP contribution < -0.4 is 11.1 Å². The van der Waals surface area contributed by atoms with Gasteiger partial charge in [-0.2, -0.15) is 0 Å². The van der Waals surface area contributed by atoms with Gasteiger partial charge in [0.25, 0.3) is 0 Å². The van der Waals surface area contributed by atoms with Crippen molar-refractivity contribution in [3.63, 3.8) is 0 Å². The fraction of sp³-hybridized carbons (Fsp3) is 0.455. The lowest BCUT2D eigenvalue weighted by Gasteiger charge is -2.16. The van der Waals surface area contributed by atoms with Crippen molar-refractivity contribution in [1.82, 2.24) is 0 Å². The van der Waals surface area contributed by atoms with Gasteiger partial charge in [-0.1, -0.05) is 17.7 Å². The number of nitrogens with one attached hydrogen (secondary N) is 1. The summed E-state index contributed by atoms with van der Waals surface area (Å²) in [5.41, 5.74) is 8.02. The van der Waals surface area contributed by atoms with Crippen LogP contribution in [0.15, 0.2) is 18.2 Å². The second-order valence-corrected chi connectivity index (χ2v) is 4.48. The third-order valence-electron chi connectivity index (χ3n) is 2.83. The van der Waals surface area contributed by atoms with Gasteiger partial charge in [-0.05, 0) is 37.5 Å². The highest BCUT2D eigenvalue weighted by Crippen LogP contribution is 2.38. The maximum atomic E-state index is 6.04. The summed E-state index contributed by atoms with van der Waals surface area (Å²) in [5, 5.41) is 4.25. The van der Waals surface area contributed by atoms with E-state index in [4.69, 9.17) is 17.3 Å². The minimum absolute atomic E-state index is 0.151. The molecule has 0 heterocycles. The van der Waals surface area contributed by atoms with Crippen molar-refractivity contribution in [3.05, 3.63) is 28.8 Å². The Morgan fingerprint density at radius 1 is 1.50 bits per heavy atom. The molecule has 0 spiro atoms. The van der Waals surface area contributed by atoms with Gasteiger partial charge in [0, 0.05) is 22.8 Å². The highest BCUT2D eigenvalue weighted by atomic mass is 35.5. The molecule has 3 heteroatoms. The smallest absolute Gasteiger partial charge is 0.0497 e. The molecule has 0 aliphatic heterocycles. The highest BCUT2D eigenvalue weighted by Gasteiger charge is 2.41. The van der Waals surface area contributed by atoms with Crippen molar-refractivity contribution in [2.24, 2.45) is 5.73 Å². The first kappa shape index (κ1) is 9.81. The molecular formula is C11H15ClN2. The first-order valence-electron chi connectivity index (χ1n) is 4.90. The molecule has 2 rings (SSSR count). The van der Waals surface area contributed by atoms with E-state index in [-0.39, 0.29) is 5.54 Å². The number of halogens is 1. The fourth-order valence-corrected chi connectivity index (χ4v) is 1.69. The molecule has 0 bridgehead atoms. The molecule has 0 radical (unpaired) electrons. The number of benzene rings is 1. The molecule has 14 heavy (non-hydrogen) atoms. The molecule has 0 unspecified atom stereocenters. The normalized spacial score (nSPS) is 17.9. The summed E-state index contributed by atoms with van der Waals surface area (Å²) in [7, 11) is 0. The first-order chi connectivity index (χ1) is 6.65. The van der Waals surface area contributed by atoms with Crippen LogP contribution in [0.3, 0.4) is 0 Å². The van der Waals surface area contributed by atoms with Crippen molar-refractivity contribution in [1.29, 1.82) is 0 Å². The van der Waals surface area contributed by atoms with Crippen LogP contribution in [-0.4, -0.2) is 12.1 Å². The van der Waals surface area contributed by atoms with E-state index in [1.807, 2.05) is 19.1 Å². The molecule has 0 saturated heterocycles. The van der Waals surface area contributed by atoms with E-state index in [1.165, 1.54) is 0 Å². The Labute approximate surface area is 89.4 Å². The Morgan fingerprint density at radius 3 is 2.71 bits per heavy atom. The number of hydrogen-bond acceptors (Lipinski definition) is 2. The third-order valence-corrected chi connectivity index (χ3v) is 3.23. The lowest BCUT2D eigenvalue weighted by molar-refractivity contribution is 0.742. The Balaban J connectivity index is 2.14. The van der Waals surface area contributed by atoms with E-state index in [2.05, 4.69) is 11.4 Å². The van der Waals surface area contributed by atoms with E-state index >= 15 is 0 Å². The summed E-state index contributed by atoms with van der Waals surface area (Å²) in [6.07, 6.45) is 2.32. The largest absolute Gasteiger partial charge is 0.378 e. The van der Waals surface area contributed by atoms with Gasteiger partial charge in [0.05, 0.1) is 0 Å². The molecule has 76 valence electrons. The molecule has 1 saturated carbocycles. The summed E-state index contributed by atoms with van der Waals surface area (Å²) in [4.78, 5) is 0. The van der Waals surface area contributed by atoms with E-state index in [9.17, 15) is 0 Å². The average Bonchev–Trinajstić information content (AvgIpc) is 2.93. The molecule has 1 fully saturated rings. The minimum Gasteiger partial charge on any atom is -0.378 e. The number of rotatable bonds is 3. The highest BCUT2D eigenvalue weighted by molar-refractivity contribution is 6.31. The Kier molecular flexibility index (Phi) is 2.41. The van der Waals surface area contributed by atoms with Crippen molar-refractivity contribution in [2.45, 2.75) is 25.3 Å². The van der Waals surface area contributed by atoms with Gasteiger partial charge in [-0.25, -0.2) is 0 Å². The van der Waals surface area contributed by atoms with Crippen LogP contribution in [0.5, 0.6) is 0 Å². The lowest BCUT2D eigenvalue weighted by atomic mass is 10.2.